The number of hydrogen-bond acceptors (Lipinski definition) is 12. The number of benzene rings is 6. The highest BCUT2D eigenvalue weighted by molar-refractivity contribution is 7.12. The van der Waals surface area contributed by atoms with E-state index in [-0.39, 0.29) is 11.6 Å². The Kier molecular flexibility index (Phi) is 14.8. The summed E-state index contributed by atoms with van der Waals surface area (Å²) in [6, 6.07) is 44.5. The van der Waals surface area contributed by atoms with Crippen LogP contribution in [0, 0.1) is 19.6 Å². The van der Waals surface area contributed by atoms with Crippen LogP contribution in [0.15, 0.2) is 177 Å². The Morgan fingerprint density at radius 1 is 0.419 bits per heavy atom. The maximum Gasteiger partial charge on any atom is 0.202 e. The van der Waals surface area contributed by atoms with Crippen LogP contribution in [0.3, 0.4) is 0 Å². The van der Waals surface area contributed by atoms with Crippen molar-refractivity contribution in [3.8, 4) is 11.4 Å². The second-order valence-electron chi connectivity index (χ2n) is 19.0. The minimum atomic E-state index is -0.542. The van der Waals surface area contributed by atoms with Gasteiger partial charge in [0.1, 0.15) is 24.2 Å². The number of thiophene rings is 2. The Hall–Kier alpha value is -7.94. The highest BCUT2D eigenvalue weighted by atomic mass is 32.1. The summed E-state index contributed by atoms with van der Waals surface area (Å²) < 4.78 is 4.27. The van der Waals surface area contributed by atoms with Crippen molar-refractivity contribution in [2.75, 3.05) is 0 Å². The normalized spacial score (nSPS) is 13.3. The fraction of sp³-hybridized carbons (Fsp3) is 0.233. The van der Waals surface area contributed by atoms with Crippen molar-refractivity contribution in [3.63, 3.8) is 0 Å². The maximum atomic E-state index is 13.5. The van der Waals surface area contributed by atoms with Gasteiger partial charge in [0.05, 0.1) is 31.8 Å². The topological polar surface area (TPSA) is 162 Å². The quantitative estimate of drug-likeness (QED) is 0.0352. The van der Waals surface area contributed by atoms with Crippen molar-refractivity contribution in [1.82, 2.24) is 9.13 Å². The number of hydrogen-bond donors (Lipinski definition) is 0. The number of unbranched alkanes of at least 4 members (excludes halogenated alkanes) is 5. The summed E-state index contributed by atoms with van der Waals surface area (Å²) in [7, 11) is 0. The van der Waals surface area contributed by atoms with Gasteiger partial charge in [-0.05, 0) is 157 Å². The van der Waals surface area contributed by atoms with Crippen molar-refractivity contribution in [2.24, 2.45) is 20.7 Å². The highest BCUT2D eigenvalue weighted by Crippen LogP contribution is 2.39. The van der Waals surface area contributed by atoms with Crippen LogP contribution >= 0.6 is 22.7 Å². The van der Waals surface area contributed by atoms with E-state index in [1.165, 1.54) is 22.7 Å². The fourth-order valence-electron chi connectivity index (χ4n) is 10.3. The van der Waals surface area contributed by atoms with Gasteiger partial charge in [0, 0.05) is 44.0 Å². The third-order valence-corrected chi connectivity index (χ3v) is 16.1. The van der Waals surface area contributed by atoms with Gasteiger partial charge in [-0.15, -0.1) is 22.7 Å². The first kappa shape index (κ1) is 49.6. The lowest BCUT2D eigenvalue weighted by Gasteiger charge is -2.12. The molecular weight excluding hydrogens is 965 g/mol. The summed E-state index contributed by atoms with van der Waals surface area (Å²) in [5.74, 6) is -0.0937. The van der Waals surface area contributed by atoms with Gasteiger partial charge in [-0.25, -0.2) is 0 Å². The van der Waals surface area contributed by atoms with E-state index >= 15 is 0 Å². The summed E-state index contributed by atoms with van der Waals surface area (Å²) in [4.78, 5) is 75.8. The molecule has 4 heterocycles. The zero-order valence-electron chi connectivity index (χ0n) is 40.9. The second-order valence-corrected chi connectivity index (χ2v) is 20.9. The molecule has 14 heteroatoms. The number of nitrogens with zero attached hydrogens (tertiary/aromatic N) is 6. The Balaban J connectivity index is 0.803. The Bertz CT molecular complexity index is 3450. The molecule has 6 aromatic carbocycles. The standard InChI is InChI=1S/C60H52N6O6S2/c1-37(61-69)39-15-23-45(24-16-39)65-53-27-19-41(33-47(53)49-35-43(21-29-55(49)65)59(67)57-13-9-31-73-57)51(63-71)11-7-5-3-4-6-8-12-52(64-72)42-20-28-54-48(34-42)50-36-44(60(68)58-14-10-32-74-58)22-30-56(50)66(54)46-25-17-40(18-26-46)38(2)62-70/h9-10,13-38,51-52H,3-8,11-12H2,1-2H3. The molecule has 370 valence electrons. The van der Waals surface area contributed by atoms with Gasteiger partial charge in [-0.2, -0.15) is 19.6 Å². The Morgan fingerprint density at radius 3 is 1.12 bits per heavy atom. The van der Waals surface area contributed by atoms with Crippen molar-refractivity contribution >= 4 is 77.9 Å². The fourth-order valence-corrected chi connectivity index (χ4v) is 11.7. The molecule has 0 aliphatic heterocycles. The molecule has 0 radical (unpaired) electrons. The number of aromatic nitrogens is 2. The van der Waals surface area contributed by atoms with Crippen LogP contribution in [0.25, 0.3) is 55.0 Å². The van der Waals surface area contributed by atoms with E-state index in [4.69, 9.17) is 0 Å². The van der Waals surface area contributed by atoms with E-state index in [1.54, 1.807) is 13.8 Å². The summed E-state index contributed by atoms with van der Waals surface area (Å²) in [6.45, 7) is 3.52. The number of rotatable bonds is 23. The van der Waals surface area contributed by atoms with Crippen LogP contribution in [0.1, 0.15) is 142 Å². The lowest BCUT2D eigenvalue weighted by Crippen LogP contribution is -1.99. The average Bonchev–Trinajstić information content (AvgIpc) is 4.30. The number of fused-ring (bicyclic) bond motifs is 6. The predicted molar refractivity (Wildman–Crippen MR) is 299 cm³/mol. The van der Waals surface area contributed by atoms with Gasteiger partial charge in [0.15, 0.2) is 0 Å². The van der Waals surface area contributed by atoms with Crippen LogP contribution in [0.2, 0.25) is 0 Å². The van der Waals surface area contributed by atoms with E-state index < -0.39 is 24.2 Å². The van der Waals surface area contributed by atoms with Gasteiger partial charge < -0.3 is 9.13 Å². The molecule has 10 aromatic rings. The van der Waals surface area contributed by atoms with Crippen LogP contribution in [-0.4, -0.2) is 20.7 Å². The monoisotopic (exact) mass is 1020 g/mol. The lowest BCUT2D eigenvalue weighted by molar-refractivity contribution is 0.103. The van der Waals surface area contributed by atoms with E-state index in [0.29, 0.717) is 33.7 Å². The molecule has 4 unspecified atom stereocenters. The second kappa shape index (κ2) is 22.0. The van der Waals surface area contributed by atoms with Crippen LogP contribution in [-0.2, 0) is 0 Å². The molecule has 0 spiro atoms. The van der Waals surface area contributed by atoms with Crippen molar-refractivity contribution < 1.29 is 9.59 Å². The van der Waals surface area contributed by atoms with E-state index in [9.17, 15) is 29.2 Å². The maximum absolute atomic E-state index is 13.5. The minimum absolute atomic E-state index is 0.0469. The lowest BCUT2D eigenvalue weighted by atomic mass is 9.97. The van der Waals surface area contributed by atoms with Gasteiger partial charge >= 0.3 is 0 Å². The minimum Gasteiger partial charge on any atom is -0.309 e. The molecule has 0 aliphatic carbocycles. The number of nitroso groups, excluding NO2 is 4. The third-order valence-electron chi connectivity index (χ3n) is 14.4. The van der Waals surface area contributed by atoms with Gasteiger partial charge in [-0.3, -0.25) is 9.59 Å². The van der Waals surface area contributed by atoms with Gasteiger partial charge in [-0.1, -0.05) is 108 Å². The summed E-state index contributed by atoms with van der Waals surface area (Å²) >= 11 is 2.82. The number of carbonyl (C=O) groups is 2. The molecule has 0 N–H and O–H groups in total. The predicted octanol–water partition coefficient (Wildman–Crippen LogP) is 17.6. The molecule has 0 fully saturated rings. The van der Waals surface area contributed by atoms with E-state index in [1.807, 2.05) is 156 Å². The summed E-state index contributed by atoms with van der Waals surface area (Å²) in [5, 5.41) is 21.0. The van der Waals surface area contributed by atoms with Crippen molar-refractivity contribution in [2.45, 2.75) is 89.4 Å². The first-order valence-corrected chi connectivity index (χ1v) is 26.8. The third kappa shape index (κ3) is 9.82. The molecule has 74 heavy (non-hydrogen) atoms. The van der Waals surface area contributed by atoms with E-state index in [0.717, 1.165) is 116 Å². The summed E-state index contributed by atoms with van der Waals surface area (Å²) in [5.41, 5.74) is 9.89. The van der Waals surface area contributed by atoms with Crippen LogP contribution in [0.4, 0.5) is 0 Å². The Morgan fingerprint density at radius 2 is 0.770 bits per heavy atom. The van der Waals surface area contributed by atoms with Crippen LogP contribution < -0.4 is 0 Å². The zero-order chi connectivity index (χ0) is 51.3. The molecule has 12 nitrogen and oxygen atoms in total. The average molecular weight is 1020 g/mol. The smallest absolute Gasteiger partial charge is 0.202 e. The van der Waals surface area contributed by atoms with Gasteiger partial charge in [0.2, 0.25) is 11.6 Å². The molecule has 4 aromatic heterocycles. The molecule has 0 saturated carbocycles. The molecular formula is C60H52N6O6S2. The number of ketones is 2. The molecule has 0 amide bonds. The molecule has 0 saturated heterocycles. The highest BCUT2D eigenvalue weighted by Gasteiger charge is 2.22. The molecule has 0 bridgehead atoms. The van der Waals surface area contributed by atoms with Crippen molar-refractivity contribution in [3.05, 3.63) is 219 Å². The number of carbonyl (C=O) groups excluding carboxylic acids is 2. The first-order chi connectivity index (χ1) is 36.2. The van der Waals surface area contributed by atoms with Gasteiger partial charge in [0.25, 0.3) is 0 Å². The summed E-state index contributed by atoms with van der Waals surface area (Å²) in [6.07, 6.45) is 6.65. The van der Waals surface area contributed by atoms with Crippen molar-refractivity contribution in [1.29, 1.82) is 0 Å². The molecule has 0 aliphatic rings. The SMILES string of the molecule is CC(N=O)c1ccc(-n2c3ccc(C(=O)c4cccs4)cc3c3cc(C(CCCCCCCCC(N=O)c4ccc5c(c4)c4cc(C(=O)c6cccs6)ccc4n5-c4ccc(C(C)N=O)cc4)N=O)ccc32)cc1. The largest absolute Gasteiger partial charge is 0.309 e. The molecule has 4 atom stereocenters. The van der Waals surface area contributed by atoms with Crippen LogP contribution in [0.5, 0.6) is 0 Å². The first-order valence-electron chi connectivity index (χ1n) is 25.0. The zero-order valence-corrected chi connectivity index (χ0v) is 42.6. The molecule has 10 rings (SSSR count). The van der Waals surface area contributed by atoms with E-state index in [2.05, 4.69) is 29.8 Å². The Labute approximate surface area is 435 Å².